The van der Waals surface area contributed by atoms with Gasteiger partial charge in [-0.3, -0.25) is 4.79 Å². The fraction of sp³-hybridized carbons (Fsp3) is 0.333. The molecule has 0 aliphatic rings. The van der Waals surface area contributed by atoms with E-state index in [1.165, 1.54) is 6.07 Å². The van der Waals surface area contributed by atoms with Crippen LogP contribution < -0.4 is 5.73 Å². The number of nitrogens with two attached hydrogens (primary N) is 1. The van der Waals surface area contributed by atoms with E-state index in [0.29, 0.717) is 5.69 Å². The molecular formula is C9H11ClN2O3. The minimum Gasteiger partial charge on any atom is -0.385 e. The lowest BCUT2D eigenvalue weighted by molar-refractivity contribution is -0.131. The standard InChI is InChI=1S/C9H11ClN2O3/c1-4-2-3-5(8(10)12-4)6(13)7(14)9(11)15/h2-3,6-7,13-14H,1H3,(H2,11,15). The van der Waals surface area contributed by atoms with Crippen molar-refractivity contribution in [3.8, 4) is 0 Å². The van der Waals surface area contributed by atoms with Crippen LogP contribution in [0, 0.1) is 6.92 Å². The Morgan fingerprint density at radius 3 is 2.60 bits per heavy atom. The molecule has 2 atom stereocenters. The molecule has 0 aromatic carbocycles. The van der Waals surface area contributed by atoms with Gasteiger partial charge in [-0.05, 0) is 13.0 Å². The molecule has 0 aliphatic heterocycles. The summed E-state index contributed by atoms with van der Waals surface area (Å²) in [7, 11) is 0. The predicted octanol–water partition coefficient (Wildman–Crippen LogP) is -0.0770. The van der Waals surface area contributed by atoms with E-state index in [-0.39, 0.29) is 10.7 Å². The van der Waals surface area contributed by atoms with E-state index in [2.05, 4.69) is 4.98 Å². The number of aliphatic hydroxyl groups excluding tert-OH is 2. The van der Waals surface area contributed by atoms with E-state index in [9.17, 15) is 15.0 Å². The Morgan fingerprint density at radius 2 is 2.13 bits per heavy atom. The number of aliphatic hydroxyl groups is 2. The van der Waals surface area contributed by atoms with Crippen molar-refractivity contribution in [2.45, 2.75) is 19.1 Å². The number of amides is 1. The van der Waals surface area contributed by atoms with Crippen molar-refractivity contribution in [1.82, 2.24) is 4.98 Å². The maximum Gasteiger partial charge on any atom is 0.249 e. The maximum absolute atomic E-state index is 10.6. The Bertz CT molecular complexity index is 384. The third-order valence-corrected chi connectivity index (χ3v) is 2.23. The second-order valence-corrected chi connectivity index (χ2v) is 3.48. The van der Waals surface area contributed by atoms with Crippen molar-refractivity contribution >= 4 is 17.5 Å². The molecule has 0 spiro atoms. The van der Waals surface area contributed by atoms with E-state index < -0.39 is 18.1 Å². The monoisotopic (exact) mass is 230 g/mol. The van der Waals surface area contributed by atoms with Crippen LogP contribution in [0.15, 0.2) is 12.1 Å². The summed E-state index contributed by atoms with van der Waals surface area (Å²) in [5.41, 5.74) is 5.69. The van der Waals surface area contributed by atoms with Gasteiger partial charge in [0.2, 0.25) is 5.91 Å². The van der Waals surface area contributed by atoms with Gasteiger partial charge in [-0.25, -0.2) is 4.98 Å². The molecule has 0 aliphatic carbocycles. The zero-order chi connectivity index (χ0) is 11.6. The van der Waals surface area contributed by atoms with E-state index in [4.69, 9.17) is 17.3 Å². The van der Waals surface area contributed by atoms with E-state index in [1.807, 2.05) is 0 Å². The highest BCUT2D eigenvalue weighted by atomic mass is 35.5. The van der Waals surface area contributed by atoms with Crippen molar-refractivity contribution < 1.29 is 15.0 Å². The minimum absolute atomic E-state index is 0.0443. The van der Waals surface area contributed by atoms with Crippen LogP contribution >= 0.6 is 11.6 Å². The number of rotatable bonds is 3. The lowest BCUT2D eigenvalue weighted by Crippen LogP contribution is -2.34. The minimum atomic E-state index is -1.69. The van der Waals surface area contributed by atoms with Gasteiger partial charge >= 0.3 is 0 Å². The lowest BCUT2D eigenvalue weighted by Gasteiger charge is -2.15. The van der Waals surface area contributed by atoms with Crippen molar-refractivity contribution in [2.75, 3.05) is 0 Å². The summed E-state index contributed by atoms with van der Waals surface area (Å²) in [5.74, 6) is -1.01. The SMILES string of the molecule is Cc1ccc(C(O)C(O)C(N)=O)c(Cl)n1. The zero-order valence-corrected chi connectivity index (χ0v) is 8.77. The molecule has 5 nitrogen and oxygen atoms in total. The van der Waals surface area contributed by atoms with Crippen molar-refractivity contribution in [3.05, 3.63) is 28.5 Å². The number of hydrogen-bond donors (Lipinski definition) is 3. The summed E-state index contributed by atoms with van der Waals surface area (Å²) in [4.78, 5) is 14.5. The van der Waals surface area contributed by atoms with Crippen LogP contribution in [0.3, 0.4) is 0 Å². The normalized spacial score (nSPS) is 14.7. The molecule has 15 heavy (non-hydrogen) atoms. The summed E-state index contributed by atoms with van der Waals surface area (Å²) in [6, 6.07) is 3.10. The number of hydrogen-bond acceptors (Lipinski definition) is 4. The Balaban J connectivity index is 3.01. The first-order valence-corrected chi connectivity index (χ1v) is 4.59. The van der Waals surface area contributed by atoms with E-state index in [0.717, 1.165) is 0 Å². The van der Waals surface area contributed by atoms with Crippen LogP contribution in [0.2, 0.25) is 5.15 Å². The average Bonchev–Trinajstić information content (AvgIpc) is 2.15. The molecule has 1 rings (SSSR count). The Kier molecular flexibility index (Phi) is 3.62. The summed E-state index contributed by atoms with van der Waals surface area (Å²) in [6.45, 7) is 1.73. The Hall–Kier alpha value is -1.17. The largest absolute Gasteiger partial charge is 0.385 e. The molecule has 1 heterocycles. The van der Waals surface area contributed by atoms with Crippen LogP contribution in [0.4, 0.5) is 0 Å². The van der Waals surface area contributed by atoms with Gasteiger partial charge in [0.1, 0.15) is 11.3 Å². The topological polar surface area (TPSA) is 96.4 Å². The van der Waals surface area contributed by atoms with Crippen LogP contribution in [0.25, 0.3) is 0 Å². The van der Waals surface area contributed by atoms with Gasteiger partial charge in [0.15, 0.2) is 6.10 Å². The van der Waals surface area contributed by atoms with Crippen molar-refractivity contribution in [3.63, 3.8) is 0 Å². The third kappa shape index (κ3) is 2.65. The Labute approximate surface area is 91.5 Å². The van der Waals surface area contributed by atoms with Crippen LogP contribution in [0.1, 0.15) is 17.4 Å². The molecule has 82 valence electrons. The molecule has 0 bridgehead atoms. The summed E-state index contributed by atoms with van der Waals surface area (Å²) in [5, 5.41) is 18.8. The van der Waals surface area contributed by atoms with Gasteiger partial charge in [-0.1, -0.05) is 17.7 Å². The first kappa shape index (κ1) is 11.9. The average molecular weight is 231 g/mol. The van der Waals surface area contributed by atoms with Gasteiger partial charge in [0.05, 0.1) is 0 Å². The number of pyridine rings is 1. The molecule has 0 saturated carbocycles. The van der Waals surface area contributed by atoms with Crippen molar-refractivity contribution in [1.29, 1.82) is 0 Å². The fourth-order valence-electron chi connectivity index (χ4n) is 1.08. The quantitative estimate of drug-likeness (QED) is 0.633. The summed E-state index contributed by atoms with van der Waals surface area (Å²) in [6.07, 6.45) is -3.14. The molecule has 6 heteroatoms. The van der Waals surface area contributed by atoms with Gasteiger partial charge < -0.3 is 15.9 Å². The van der Waals surface area contributed by atoms with Crippen LogP contribution in [0.5, 0.6) is 0 Å². The second-order valence-electron chi connectivity index (χ2n) is 3.12. The van der Waals surface area contributed by atoms with Gasteiger partial charge in [-0.2, -0.15) is 0 Å². The number of nitrogens with zero attached hydrogens (tertiary/aromatic N) is 1. The molecule has 1 aromatic rings. The molecular weight excluding hydrogens is 220 g/mol. The second kappa shape index (κ2) is 4.57. The summed E-state index contributed by atoms with van der Waals surface area (Å²) < 4.78 is 0. The summed E-state index contributed by atoms with van der Waals surface area (Å²) >= 11 is 5.74. The molecule has 0 fully saturated rings. The number of aromatic nitrogens is 1. The number of carbonyl (C=O) groups is 1. The van der Waals surface area contributed by atoms with Crippen LogP contribution in [-0.2, 0) is 4.79 Å². The zero-order valence-electron chi connectivity index (χ0n) is 8.01. The molecule has 2 unspecified atom stereocenters. The number of primary amides is 1. The van der Waals surface area contributed by atoms with Crippen molar-refractivity contribution in [2.24, 2.45) is 5.73 Å². The first-order valence-electron chi connectivity index (χ1n) is 4.22. The highest BCUT2D eigenvalue weighted by Gasteiger charge is 2.25. The third-order valence-electron chi connectivity index (χ3n) is 1.93. The van der Waals surface area contributed by atoms with E-state index >= 15 is 0 Å². The smallest absolute Gasteiger partial charge is 0.249 e. The molecule has 1 amide bonds. The number of aryl methyl sites for hydroxylation is 1. The van der Waals surface area contributed by atoms with Gasteiger partial charge in [-0.15, -0.1) is 0 Å². The molecule has 0 radical (unpaired) electrons. The molecule has 0 saturated heterocycles. The highest BCUT2D eigenvalue weighted by Crippen LogP contribution is 2.23. The fourth-order valence-corrected chi connectivity index (χ4v) is 1.39. The lowest BCUT2D eigenvalue weighted by atomic mass is 10.1. The predicted molar refractivity (Wildman–Crippen MR) is 54.1 cm³/mol. The van der Waals surface area contributed by atoms with Crippen LogP contribution in [-0.4, -0.2) is 27.2 Å². The Morgan fingerprint density at radius 1 is 1.53 bits per heavy atom. The molecule has 1 aromatic heterocycles. The maximum atomic E-state index is 10.6. The molecule has 4 N–H and O–H groups in total. The van der Waals surface area contributed by atoms with Gasteiger partial charge in [0, 0.05) is 11.3 Å². The highest BCUT2D eigenvalue weighted by molar-refractivity contribution is 6.30. The van der Waals surface area contributed by atoms with Gasteiger partial charge in [0.25, 0.3) is 0 Å². The number of halogens is 1. The first-order chi connectivity index (χ1) is 6.93. The number of carbonyl (C=O) groups excluding carboxylic acids is 1. The van der Waals surface area contributed by atoms with E-state index in [1.54, 1.807) is 13.0 Å².